The van der Waals surface area contributed by atoms with Gasteiger partial charge >= 0.3 is 0 Å². The average Bonchev–Trinajstić information content (AvgIpc) is 2.77. The van der Waals surface area contributed by atoms with Crippen molar-refractivity contribution in [2.75, 3.05) is 5.73 Å². The van der Waals surface area contributed by atoms with E-state index in [0.29, 0.717) is 6.42 Å². The van der Waals surface area contributed by atoms with Gasteiger partial charge < -0.3 is 11.1 Å². The van der Waals surface area contributed by atoms with Crippen LogP contribution in [0.15, 0.2) is 30.3 Å². The summed E-state index contributed by atoms with van der Waals surface area (Å²) in [5.41, 5.74) is 8.76. The summed E-state index contributed by atoms with van der Waals surface area (Å²) in [7, 11) is 0. The van der Waals surface area contributed by atoms with E-state index in [4.69, 9.17) is 5.73 Å². The molecule has 3 N–H and O–H groups in total. The predicted octanol–water partition coefficient (Wildman–Crippen LogP) is 3.76. The van der Waals surface area contributed by atoms with Crippen LogP contribution in [0.4, 0.5) is 5.69 Å². The number of benzene rings is 1. The second-order valence-corrected chi connectivity index (χ2v) is 6.86. The van der Waals surface area contributed by atoms with Gasteiger partial charge in [0.25, 0.3) is 0 Å². The molecule has 21 heavy (non-hydrogen) atoms. The Morgan fingerprint density at radius 2 is 1.95 bits per heavy atom. The van der Waals surface area contributed by atoms with Crippen LogP contribution in [0.5, 0.6) is 0 Å². The Hall–Kier alpha value is -1.81. The van der Waals surface area contributed by atoms with Crippen molar-refractivity contribution < 1.29 is 4.79 Å². The van der Waals surface area contributed by atoms with E-state index in [1.54, 1.807) is 11.3 Å². The SMILES string of the molecule is Cc1cc(C(C)NC(=O)CCc2ccc(N)cc2)c(C)s1. The lowest BCUT2D eigenvalue weighted by atomic mass is 10.1. The van der Waals surface area contributed by atoms with Crippen molar-refractivity contribution in [1.82, 2.24) is 5.32 Å². The molecule has 3 nitrogen and oxygen atoms in total. The zero-order valence-electron chi connectivity index (χ0n) is 12.8. The first-order valence-corrected chi connectivity index (χ1v) is 7.98. The summed E-state index contributed by atoms with van der Waals surface area (Å²) in [6.45, 7) is 6.23. The lowest BCUT2D eigenvalue weighted by Crippen LogP contribution is -2.26. The zero-order chi connectivity index (χ0) is 15.4. The number of hydrogen-bond acceptors (Lipinski definition) is 3. The Kier molecular flexibility index (Phi) is 5.02. The van der Waals surface area contributed by atoms with Gasteiger partial charge in [-0.05, 0) is 56.5 Å². The number of aryl methyl sites for hydroxylation is 3. The molecule has 4 heteroatoms. The largest absolute Gasteiger partial charge is 0.399 e. The molecule has 0 aliphatic rings. The second-order valence-electron chi connectivity index (χ2n) is 5.40. The quantitative estimate of drug-likeness (QED) is 0.826. The summed E-state index contributed by atoms with van der Waals surface area (Å²) in [4.78, 5) is 14.6. The normalized spacial score (nSPS) is 12.1. The molecule has 1 atom stereocenters. The lowest BCUT2D eigenvalue weighted by Gasteiger charge is -2.14. The Balaban J connectivity index is 1.87. The molecule has 2 aromatic rings. The number of thiophene rings is 1. The Bertz CT molecular complexity index is 616. The molecule has 0 saturated heterocycles. The van der Waals surface area contributed by atoms with Gasteiger partial charge in [0.15, 0.2) is 0 Å². The molecule has 0 aliphatic heterocycles. The van der Waals surface area contributed by atoms with Gasteiger partial charge in [-0.2, -0.15) is 0 Å². The van der Waals surface area contributed by atoms with Crippen molar-refractivity contribution in [3.8, 4) is 0 Å². The second kappa shape index (κ2) is 6.76. The minimum absolute atomic E-state index is 0.0638. The van der Waals surface area contributed by atoms with Crippen molar-refractivity contribution in [3.05, 3.63) is 51.2 Å². The molecule has 112 valence electrons. The summed E-state index contributed by atoms with van der Waals surface area (Å²) in [5.74, 6) is 0.0857. The molecule has 1 aromatic carbocycles. The van der Waals surface area contributed by atoms with E-state index in [1.165, 1.54) is 15.3 Å². The maximum Gasteiger partial charge on any atom is 0.220 e. The molecule has 2 rings (SSSR count). The van der Waals surface area contributed by atoms with Crippen molar-refractivity contribution >= 4 is 22.9 Å². The molecule has 0 bridgehead atoms. The van der Waals surface area contributed by atoms with Crippen molar-refractivity contribution in [1.29, 1.82) is 0 Å². The highest BCUT2D eigenvalue weighted by molar-refractivity contribution is 7.12. The third-order valence-electron chi connectivity index (χ3n) is 3.54. The summed E-state index contributed by atoms with van der Waals surface area (Å²) < 4.78 is 0. The van der Waals surface area contributed by atoms with Gasteiger partial charge in [0.2, 0.25) is 5.91 Å². The monoisotopic (exact) mass is 302 g/mol. The van der Waals surface area contributed by atoms with Crippen LogP contribution in [0.1, 0.15) is 40.3 Å². The van der Waals surface area contributed by atoms with Gasteiger partial charge in [0.05, 0.1) is 6.04 Å². The number of nitrogens with two attached hydrogens (primary N) is 1. The maximum absolute atomic E-state index is 12.1. The first-order valence-electron chi connectivity index (χ1n) is 7.16. The highest BCUT2D eigenvalue weighted by Crippen LogP contribution is 2.26. The molecule has 1 unspecified atom stereocenters. The third-order valence-corrected chi connectivity index (χ3v) is 4.53. The molecular weight excluding hydrogens is 280 g/mol. The van der Waals surface area contributed by atoms with Crippen LogP contribution in [0, 0.1) is 13.8 Å². The molecule has 1 aromatic heterocycles. The van der Waals surface area contributed by atoms with Crippen LogP contribution in [-0.4, -0.2) is 5.91 Å². The molecule has 0 radical (unpaired) electrons. The number of rotatable bonds is 5. The van der Waals surface area contributed by atoms with E-state index >= 15 is 0 Å². The fourth-order valence-electron chi connectivity index (χ4n) is 2.41. The smallest absolute Gasteiger partial charge is 0.220 e. The molecule has 1 heterocycles. The minimum atomic E-state index is 0.0638. The number of anilines is 1. The van der Waals surface area contributed by atoms with E-state index in [9.17, 15) is 4.79 Å². The van der Waals surface area contributed by atoms with Crippen molar-refractivity contribution in [3.63, 3.8) is 0 Å². The summed E-state index contributed by atoms with van der Waals surface area (Å²) >= 11 is 1.77. The van der Waals surface area contributed by atoms with Gasteiger partial charge in [0.1, 0.15) is 0 Å². The molecule has 0 aliphatic carbocycles. The Labute approximate surface area is 130 Å². The number of amides is 1. The van der Waals surface area contributed by atoms with Crippen LogP contribution in [0.3, 0.4) is 0 Å². The van der Waals surface area contributed by atoms with E-state index in [0.717, 1.165) is 17.7 Å². The number of nitrogens with one attached hydrogen (secondary N) is 1. The first-order chi connectivity index (χ1) is 9.95. The molecule has 0 spiro atoms. The van der Waals surface area contributed by atoms with Crippen LogP contribution < -0.4 is 11.1 Å². The van der Waals surface area contributed by atoms with Crippen molar-refractivity contribution in [2.45, 2.75) is 39.7 Å². The highest BCUT2D eigenvalue weighted by atomic mass is 32.1. The van der Waals surface area contributed by atoms with Crippen LogP contribution in [0.2, 0.25) is 0 Å². The number of carbonyl (C=O) groups is 1. The van der Waals surface area contributed by atoms with Crippen LogP contribution >= 0.6 is 11.3 Å². The van der Waals surface area contributed by atoms with E-state index < -0.39 is 0 Å². The number of hydrogen-bond donors (Lipinski definition) is 2. The predicted molar refractivity (Wildman–Crippen MR) is 89.5 cm³/mol. The molecule has 1 amide bonds. The molecule has 0 saturated carbocycles. The minimum Gasteiger partial charge on any atom is -0.399 e. The zero-order valence-corrected chi connectivity index (χ0v) is 13.6. The van der Waals surface area contributed by atoms with Gasteiger partial charge in [0, 0.05) is 21.9 Å². The summed E-state index contributed by atoms with van der Waals surface area (Å²) in [6.07, 6.45) is 1.23. The topological polar surface area (TPSA) is 55.1 Å². The van der Waals surface area contributed by atoms with Gasteiger partial charge in [-0.25, -0.2) is 0 Å². The van der Waals surface area contributed by atoms with E-state index in [-0.39, 0.29) is 11.9 Å². The first kappa shape index (κ1) is 15.6. The van der Waals surface area contributed by atoms with Gasteiger partial charge in [-0.15, -0.1) is 11.3 Å². The summed E-state index contributed by atoms with van der Waals surface area (Å²) in [6, 6.07) is 9.90. The fraction of sp³-hybridized carbons (Fsp3) is 0.353. The van der Waals surface area contributed by atoms with Crippen molar-refractivity contribution in [2.24, 2.45) is 0 Å². The third kappa shape index (κ3) is 4.33. The van der Waals surface area contributed by atoms with Gasteiger partial charge in [-0.3, -0.25) is 4.79 Å². The fourth-order valence-corrected chi connectivity index (χ4v) is 3.44. The number of nitrogen functional groups attached to an aromatic ring is 1. The summed E-state index contributed by atoms with van der Waals surface area (Å²) in [5, 5.41) is 3.08. The standard InChI is InChI=1S/C17H22N2OS/c1-11-10-16(13(3)21-11)12(2)19-17(20)9-6-14-4-7-15(18)8-5-14/h4-5,7-8,10,12H,6,9,18H2,1-3H3,(H,19,20). The lowest BCUT2D eigenvalue weighted by molar-refractivity contribution is -0.121. The Morgan fingerprint density at radius 3 is 2.52 bits per heavy atom. The Morgan fingerprint density at radius 1 is 1.29 bits per heavy atom. The molecule has 0 fully saturated rings. The highest BCUT2D eigenvalue weighted by Gasteiger charge is 2.13. The molecular formula is C17H22N2OS. The number of carbonyl (C=O) groups excluding carboxylic acids is 1. The van der Waals surface area contributed by atoms with E-state index in [2.05, 4.69) is 25.2 Å². The maximum atomic E-state index is 12.1. The van der Waals surface area contributed by atoms with Crippen LogP contribution in [-0.2, 0) is 11.2 Å². The van der Waals surface area contributed by atoms with Crippen LogP contribution in [0.25, 0.3) is 0 Å². The van der Waals surface area contributed by atoms with E-state index in [1.807, 2.05) is 31.2 Å². The average molecular weight is 302 g/mol. The van der Waals surface area contributed by atoms with Gasteiger partial charge in [-0.1, -0.05) is 12.1 Å².